The van der Waals surface area contributed by atoms with Gasteiger partial charge in [-0.3, -0.25) is 4.79 Å². The van der Waals surface area contributed by atoms with Gasteiger partial charge in [0.25, 0.3) is 0 Å². The van der Waals surface area contributed by atoms with Crippen molar-refractivity contribution in [2.24, 2.45) is 5.73 Å². The summed E-state index contributed by atoms with van der Waals surface area (Å²) in [5.41, 5.74) is 8.15. The van der Waals surface area contributed by atoms with Crippen LogP contribution in [0, 0.1) is 0 Å². The number of ether oxygens (including phenoxy) is 2. The fourth-order valence-corrected chi connectivity index (χ4v) is 4.05. The number of nitrogens with zero attached hydrogens (tertiary/aromatic N) is 3. The maximum atomic E-state index is 12.7. The quantitative estimate of drug-likeness (QED) is 0.666. The average Bonchev–Trinajstić information content (AvgIpc) is 3.07. The molecular formula is C21H32N4O3. The molecule has 2 N–H and O–H groups in total. The van der Waals surface area contributed by atoms with Gasteiger partial charge in [-0.1, -0.05) is 12.1 Å². The zero-order valence-corrected chi connectivity index (χ0v) is 17.0. The van der Waals surface area contributed by atoms with E-state index in [0.29, 0.717) is 19.6 Å². The lowest BCUT2D eigenvalue weighted by Crippen LogP contribution is -2.42. The van der Waals surface area contributed by atoms with Crippen LogP contribution in [0.1, 0.15) is 37.4 Å². The van der Waals surface area contributed by atoms with Crippen molar-refractivity contribution in [3.8, 4) is 0 Å². The molecule has 1 saturated heterocycles. The number of carbonyl (C=O) groups excluding carboxylic acids is 1. The van der Waals surface area contributed by atoms with E-state index in [4.69, 9.17) is 20.2 Å². The van der Waals surface area contributed by atoms with Gasteiger partial charge in [-0.2, -0.15) is 0 Å². The van der Waals surface area contributed by atoms with E-state index >= 15 is 0 Å². The number of carbonyl (C=O) groups is 1. The van der Waals surface area contributed by atoms with E-state index in [1.165, 1.54) is 0 Å². The van der Waals surface area contributed by atoms with Gasteiger partial charge in [0.05, 0.1) is 17.6 Å². The molecule has 2 aromatic rings. The number of imidazole rings is 1. The molecule has 0 radical (unpaired) electrons. The normalized spacial score (nSPS) is 18.5. The third kappa shape index (κ3) is 4.90. The number of rotatable bonds is 9. The summed E-state index contributed by atoms with van der Waals surface area (Å²) in [4.78, 5) is 19.6. The van der Waals surface area contributed by atoms with E-state index in [1.54, 1.807) is 14.2 Å². The largest absolute Gasteiger partial charge is 0.385 e. The summed E-state index contributed by atoms with van der Waals surface area (Å²) >= 11 is 0. The zero-order valence-electron chi connectivity index (χ0n) is 17.0. The van der Waals surface area contributed by atoms with Crippen molar-refractivity contribution in [2.45, 2.75) is 44.2 Å². The Bertz CT molecular complexity index is 776. The number of aromatic nitrogens is 2. The fraction of sp³-hybridized carbons (Fsp3) is 0.619. The number of fused-ring (bicyclic) bond motifs is 1. The summed E-state index contributed by atoms with van der Waals surface area (Å²) in [6.45, 7) is 3.48. The lowest BCUT2D eigenvalue weighted by molar-refractivity contribution is -0.133. The zero-order chi connectivity index (χ0) is 19.9. The minimum atomic E-state index is -0.253. The molecule has 2 heterocycles. The topological polar surface area (TPSA) is 82.6 Å². The van der Waals surface area contributed by atoms with Crippen LogP contribution in [-0.4, -0.2) is 66.9 Å². The molecule has 0 unspecified atom stereocenters. The minimum absolute atomic E-state index is 0.108. The van der Waals surface area contributed by atoms with Crippen molar-refractivity contribution in [1.29, 1.82) is 0 Å². The Hall–Kier alpha value is -1.96. The second-order valence-corrected chi connectivity index (χ2v) is 7.56. The van der Waals surface area contributed by atoms with Crippen LogP contribution in [0.15, 0.2) is 24.3 Å². The first-order chi connectivity index (χ1) is 13.6. The van der Waals surface area contributed by atoms with Crippen LogP contribution < -0.4 is 5.73 Å². The van der Waals surface area contributed by atoms with Crippen molar-refractivity contribution in [3.05, 3.63) is 30.1 Å². The molecule has 1 aromatic carbocycles. The lowest BCUT2D eigenvalue weighted by atomic mass is 9.96. The molecule has 7 nitrogen and oxygen atoms in total. The van der Waals surface area contributed by atoms with Gasteiger partial charge in [0.15, 0.2) is 0 Å². The summed E-state index contributed by atoms with van der Waals surface area (Å²) in [6.07, 6.45) is 3.29. The first-order valence-electron chi connectivity index (χ1n) is 10.1. The molecule has 0 spiro atoms. The van der Waals surface area contributed by atoms with Crippen LogP contribution in [0.3, 0.4) is 0 Å². The van der Waals surface area contributed by atoms with Crippen molar-refractivity contribution in [1.82, 2.24) is 14.5 Å². The molecule has 2 atom stereocenters. The van der Waals surface area contributed by atoms with Crippen LogP contribution in [0.25, 0.3) is 11.0 Å². The highest BCUT2D eigenvalue weighted by Gasteiger charge is 2.29. The second-order valence-electron chi connectivity index (χ2n) is 7.56. The van der Waals surface area contributed by atoms with E-state index in [9.17, 15) is 4.79 Å². The molecule has 1 aliphatic rings. The van der Waals surface area contributed by atoms with E-state index in [-0.39, 0.29) is 17.9 Å². The van der Waals surface area contributed by atoms with Gasteiger partial charge in [-0.15, -0.1) is 0 Å². The SMILES string of the molecule is COCCCn1c([C@@H]2CCCN(C(=O)C[C@H](N)COC)C2)nc2ccccc21. The van der Waals surface area contributed by atoms with Gasteiger partial charge < -0.3 is 24.7 Å². The van der Waals surface area contributed by atoms with Crippen LogP contribution in [0.2, 0.25) is 0 Å². The lowest BCUT2D eigenvalue weighted by Gasteiger charge is -2.33. The first kappa shape index (κ1) is 20.8. The van der Waals surface area contributed by atoms with Gasteiger partial charge in [0.2, 0.25) is 5.91 Å². The molecule has 0 bridgehead atoms. The molecule has 3 rings (SSSR count). The average molecular weight is 389 g/mol. The Balaban J connectivity index is 1.77. The van der Waals surface area contributed by atoms with E-state index in [2.05, 4.69) is 22.8 Å². The molecule has 154 valence electrons. The second kappa shape index (κ2) is 10.0. The number of piperidine rings is 1. The predicted octanol–water partition coefficient (Wildman–Crippen LogP) is 2.14. The Morgan fingerprint density at radius 3 is 2.93 bits per heavy atom. The standard InChI is InChI=1S/C21H32N4O3/c1-27-12-6-11-25-19-9-4-3-8-18(19)23-21(25)16-7-5-10-24(14-16)20(26)13-17(22)15-28-2/h3-4,8-9,16-17H,5-7,10-15,22H2,1-2H3/t16-,17+/m1/s1. The number of benzene rings is 1. The van der Waals surface area contributed by atoms with E-state index < -0.39 is 0 Å². The van der Waals surface area contributed by atoms with Gasteiger partial charge >= 0.3 is 0 Å². The number of hydrogen-bond donors (Lipinski definition) is 1. The molecular weight excluding hydrogens is 356 g/mol. The molecule has 1 aromatic heterocycles. The Morgan fingerprint density at radius 1 is 1.32 bits per heavy atom. The van der Waals surface area contributed by atoms with Gasteiger partial charge in [-0.25, -0.2) is 4.98 Å². The predicted molar refractivity (Wildman–Crippen MR) is 109 cm³/mol. The third-order valence-electron chi connectivity index (χ3n) is 5.37. The smallest absolute Gasteiger partial charge is 0.224 e. The van der Waals surface area contributed by atoms with Gasteiger partial charge in [0.1, 0.15) is 5.82 Å². The van der Waals surface area contributed by atoms with Gasteiger partial charge in [-0.05, 0) is 31.4 Å². The van der Waals surface area contributed by atoms with Crippen LogP contribution in [0.5, 0.6) is 0 Å². The van der Waals surface area contributed by atoms with Crippen molar-refractivity contribution in [2.75, 3.05) is 40.5 Å². The number of aryl methyl sites for hydroxylation is 1. The number of hydrogen-bond acceptors (Lipinski definition) is 5. The molecule has 1 aliphatic heterocycles. The number of para-hydroxylation sites is 2. The van der Waals surface area contributed by atoms with Crippen LogP contribution in [-0.2, 0) is 20.8 Å². The first-order valence-corrected chi connectivity index (χ1v) is 10.1. The number of methoxy groups -OCH3 is 2. The third-order valence-corrected chi connectivity index (χ3v) is 5.37. The molecule has 7 heteroatoms. The Labute approximate surface area is 166 Å². The Morgan fingerprint density at radius 2 is 2.14 bits per heavy atom. The van der Waals surface area contributed by atoms with Crippen molar-refractivity contribution in [3.63, 3.8) is 0 Å². The van der Waals surface area contributed by atoms with Crippen molar-refractivity contribution >= 4 is 16.9 Å². The van der Waals surface area contributed by atoms with Gasteiger partial charge in [0, 0.05) is 58.8 Å². The maximum absolute atomic E-state index is 12.7. The fourth-order valence-electron chi connectivity index (χ4n) is 4.05. The van der Waals surface area contributed by atoms with E-state index in [1.807, 2.05) is 11.0 Å². The van der Waals surface area contributed by atoms with Crippen LogP contribution >= 0.6 is 0 Å². The highest BCUT2D eigenvalue weighted by Crippen LogP contribution is 2.30. The van der Waals surface area contributed by atoms with Crippen molar-refractivity contribution < 1.29 is 14.3 Å². The summed E-state index contributed by atoms with van der Waals surface area (Å²) in [5, 5.41) is 0. The Kier molecular flexibility index (Phi) is 7.42. The van der Waals surface area contributed by atoms with E-state index in [0.717, 1.165) is 55.8 Å². The number of amides is 1. The molecule has 1 fully saturated rings. The minimum Gasteiger partial charge on any atom is -0.385 e. The summed E-state index contributed by atoms with van der Waals surface area (Å²) in [6, 6.07) is 7.99. The molecule has 0 aliphatic carbocycles. The monoisotopic (exact) mass is 388 g/mol. The molecule has 28 heavy (non-hydrogen) atoms. The summed E-state index contributed by atoms with van der Waals surface area (Å²) in [5.74, 6) is 1.43. The number of likely N-dealkylation sites (tertiary alicyclic amines) is 1. The number of nitrogens with two attached hydrogens (primary N) is 1. The molecule has 0 saturated carbocycles. The summed E-state index contributed by atoms with van der Waals surface area (Å²) < 4.78 is 12.6. The maximum Gasteiger partial charge on any atom is 0.224 e. The molecule has 1 amide bonds. The summed E-state index contributed by atoms with van der Waals surface area (Å²) in [7, 11) is 3.33. The highest BCUT2D eigenvalue weighted by atomic mass is 16.5. The highest BCUT2D eigenvalue weighted by molar-refractivity contribution is 5.77. The van der Waals surface area contributed by atoms with Crippen LogP contribution in [0.4, 0.5) is 0 Å².